The van der Waals surface area contributed by atoms with E-state index < -0.39 is 0 Å². The quantitative estimate of drug-likeness (QED) is 0.621. The lowest BCUT2D eigenvalue weighted by Gasteiger charge is -1.93. The molecule has 0 atom stereocenters. The van der Waals surface area contributed by atoms with Crippen LogP contribution in [0.1, 0.15) is 5.56 Å². The number of hydrogen-bond acceptors (Lipinski definition) is 1. The molecule has 0 aliphatic carbocycles. The maximum Gasteiger partial charge on any atom is 0.152 e. The molecule has 0 N–H and O–H groups in total. The van der Waals surface area contributed by atoms with Crippen molar-refractivity contribution in [1.82, 2.24) is 0 Å². The van der Waals surface area contributed by atoms with Crippen molar-refractivity contribution in [2.45, 2.75) is 0 Å². The number of nitriles is 1. The summed E-state index contributed by atoms with van der Waals surface area (Å²) in [4.78, 5) is 0. The molecule has 12 heavy (non-hydrogen) atoms. The Morgan fingerprint density at radius 1 is 1.42 bits per heavy atom. The molecule has 0 aromatic heterocycles. The van der Waals surface area contributed by atoms with Crippen LogP contribution >= 0.6 is 15.9 Å². The first-order valence-electron chi connectivity index (χ1n) is 3.09. The van der Waals surface area contributed by atoms with Crippen molar-refractivity contribution in [3.05, 3.63) is 34.1 Å². The second-order valence-electron chi connectivity index (χ2n) is 1.99. The van der Waals surface area contributed by atoms with Crippen molar-refractivity contribution in [3.63, 3.8) is 0 Å². The third-order valence-electron chi connectivity index (χ3n) is 1.18. The Bertz CT molecular complexity index is 395. The molecular formula is C9H3BrFN. The van der Waals surface area contributed by atoms with Gasteiger partial charge in [-0.2, -0.15) is 5.26 Å². The lowest BCUT2D eigenvalue weighted by atomic mass is 10.2. The zero-order valence-electron chi connectivity index (χ0n) is 5.94. The van der Waals surface area contributed by atoms with Gasteiger partial charge < -0.3 is 0 Å². The summed E-state index contributed by atoms with van der Waals surface area (Å²) in [5, 5.41) is 8.14. The van der Waals surface area contributed by atoms with Gasteiger partial charge in [-0.25, -0.2) is 4.39 Å². The molecule has 0 saturated heterocycles. The van der Waals surface area contributed by atoms with Gasteiger partial charge in [0.2, 0.25) is 0 Å². The van der Waals surface area contributed by atoms with Crippen LogP contribution in [0.3, 0.4) is 0 Å². The van der Waals surface area contributed by atoms with E-state index in [9.17, 15) is 4.39 Å². The number of hydrogen-bond donors (Lipinski definition) is 0. The minimum absolute atomic E-state index is 0.336. The van der Waals surface area contributed by atoms with Crippen LogP contribution < -0.4 is 0 Å². The smallest absolute Gasteiger partial charge is 0.152 e. The first-order chi connectivity index (χ1) is 5.74. The predicted molar refractivity (Wildman–Crippen MR) is 46.6 cm³/mol. The molecule has 1 nitrogen and oxygen atoms in total. The lowest BCUT2D eigenvalue weighted by molar-refractivity contribution is 0.621. The number of halogens is 2. The summed E-state index contributed by atoms with van der Waals surface area (Å²) in [6.07, 6.45) is 0. The van der Waals surface area contributed by atoms with Crippen LogP contribution in [0.5, 0.6) is 0 Å². The van der Waals surface area contributed by atoms with E-state index in [0.29, 0.717) is 10.0 Å². The summed E-state index contributed by atoms with van der Waals surface area (Å²) in [7, 11) is 0. The summed E-state index contributed by atoms with van der Waals surface area (Å²) < 4.78 is 13.0. The van der Waals surface area contributed by atoms with Crippen LogP contribution in [0.15, 0.2) is 22.7 Å². The summed E-state index contributed by atoms with van der Waals surface area (Å²) >= 11 is 3.01. The molecule has 1 aromatic rings. The molecule has 0 aliphatic rings. The predicted octanol–water partition coefficient (Wildman–Crippen LogP) is 2.46. The lowest BCUT2D eigenvalue weighted by Crippen LogP contribution is -1.79. The van der Waals surface area contributed by atoms with Gasteiger partial charge >= 0.3 is 0 Å². The van der Waals surface area contributed by atoms with E-state index in [1.165, 1.54) is 18.2 Å². The molecule has 0 fully saturated rings. The topological polar surface area (TPSA) is 23.8 Å². The molecule has 1 rings (SSSR count). The van der Waals surface area contributed by atoms with E-state index in [1.54, 1.807) is 6.07 Å². The third kappa shape index (κ3) is 2.08. The van der Waals surface area contributed by atoms with E-state index >= 15 is 0 Å². The standard InChI is InChI=1S/C9H3BrFN/c10-8-6-7(2-1-5-12)3-4-9(8)11/h3-4,6H. The highest BCUT2D eigenvalue weighted by molar-refractivity contribution is 9.10. The summed E-state index contributed by atoms with van der Waals surface area (Å²) in [5.41, 5.74) is 0.616. The molecular weight excluding hydrogens is 221 g/mol. The first kappa shape index (κ1) is 8.77. The molecule has 0 aliphatic heterocycles. The third-order valence-corrected chi connectivity index (χ3v) is 1.79. The Kier molecular flexibility index (Phi) is 2.85. The summed E-state index contributed by atoms with van der Waals surface area (Å²) in [6.45, 7) is 0. The minimum atomic E-state index is -0.336. The summed E-state index contributed by atoms with van der Waals surface area (Å²) in [6, 6.07) is 6.02. The molecule has 0 heterocycles. The van der Waals surface area contributed by atoms with Crippen LogP contribution in [-0.2, 0) is 0 Å². The highest BCUT2D eigenvalue weighted by Gasteiger charge is 1.97. The van der Waals surface area contributed by atoms with Gasteiger partial charge in [-0.3, -0.25) is 0 Å². The van der Waals surface area contributed by atoms with Gasteiger partial charge in [-0.1, -0.05) is 5.92 Å². The zero-order chi connectivity index (χ0) is 8.97. The fourth-order valence-corrected chi connectivity index (χ4v) is 1.05. The van der Waals surface area contributed by atoms with Crippen molar-refractivity contribution in [2.24, 2.45) is 0 Å². The van der Waals surface area contributed by atoms with E-state index in [1.807, 2.05) is 0 Å². The average molecular weight is 224 g/mol. The van der Waals surface area contributed by atoms with Crippen molar-refractivity contribution in [2.75, 3.05) is 0 Å². The Labute approximate surface area is 78.0 Å². The average Bonchev–Trinajstić information content (AvgIpc) is 2.07. The van der Waals surface area contributed by atoms with Gasteiger partial charge in [0.1, 0.15) is 5.82 Å². The van der Waals surface area contributed by atoms with Crippen LogP contribution in [0.2, 0.25) is 0 Å². The molecule has 0 radical (unpaired) electrons. The normalized spacial score (nSPS) is 8.08. The van der Waals surface area contributed by atoms with Crippen LogP contribution in [0.4, 0.5) is 4.39 Å². The van der Waals surface area contributed by atoms with Crippen LogP contribution in [0, 0.1) is 29.0 Å². The zero-order valence-corrected chi connectivity index (χ0v) is 7.52. The van der Waals surface area contributed by atoms with Gasteiger partial charge in [0.25, 0.3) is 0 Å². The van der Waals surface area contributed by atoms with Crippen molar-refractivity contribution in [3.8, 4) is 17.9 Å². The number of rotatable bonds is 0. The van der Waals surface area contributed by atoms with E-state index in [-0.39, 0.29) is 5.82 Å². The monoisotopic (exact) mass is 223 g/mol. The Morgan fingerprint density at radius 2 is 2.17 bits per heavy atom. The summed E-state index contributed by atoms with van der Waals surface area (Å²) in [5.74, 6) is 4.44. The molecule has 3 heteroatoms. The highest BCUT2D eigenvalue weighted by atomic mass is 79.9. The number of benzene rings is 1. The van der Waals surface area contributed by atoms with Gasteiger partial charge in [0.15, 0.2) is 6.07 Å². The molecule has 0 bridgehead atoms. The van der Waals surface area contributed by atoms with Crippen molar-refractivity contribution in [1.29, 1.82) is 5.26 Å². The Balaban J connectivity index is 3.07. The van der Waals surface area contributed by atoms with Crippen LogP contribution in [0.25, 0.3) is 0 Å². The molecule has 1 aromatic carbocycles. The van der Waals surface area contributed by atoms with E-state index in [2.05, 4.69) is 27.8 Å². The van der Waals surface area contributed by atoms with Gasteiger partial charge in [-0.05, 0) is 34.1 Å². The second-order valence-corrected chi connectivity index (χ2v) is 2.85. The first-order valence-corrected chi connectivity index (χ1v) is 3.88. The van der Waals surface area contributed by atoms with Crippen molar-refractivity contribution < 1.29 is 4.39 Å². The SMILES string of the molecule is N#CC#Cc1ccc(F)c(Br)c1. The van der Waals surface area contributed by atoms with Crippen molar-refractivity contribution >= 4 is 15.9 Å². The van der Waals surface area contributed by atoms with E-state index in [0.717, 1.165) is 0 Å². The van der Waals surface area contributed by atoms with Gasteiger partial charge in [0, 0.05) is 11.5 Å². The maximum absolute atomic E-state index is 12.7. The molecule has 0 saturated carbocycles. The molecule has 0 unspecified atom stereocenters. The molecule has 58 valence electrons. The fraction of sp³-hybridized carbons (Fsp3) is 0. The fourth-order valence-electron chi connectivity index (χ4n) is 0.674. The molecule has 0 spiro atoms. The largest absolute Gasteiger partial charge is 0.206 e. The van der Waals surface area contributed by atoms with E-state index in [4.69, 9.17) is 5.26 Å². The number of nitrogens with zero attached hydrogens (tertiary/aromatic N) is 1. The Hall–Kier alpha value is -1.32. The van der Waals surface area contributed by atoms with Crippen LogP contribution in [-0.4, -0.2) is 0 Å². The maximum atomic E-state index is 12.7. The highest BCUT2D eigenvalue weighted by Crippen LogP contribution is 2.15. The second kappa shape index (κ2) is 3.90. The molecule has 0 amide bonds. The Morgan fingerprint density at radius 3 is 2.75 bits per heavy atom. The van der Waals surface area contributed by atoms with Gasteiger partial charge in [0.05, 0.1) is 4.47 Å². The minimum Gasteiger partial charge on any atom is -0.206 e. The van der Waals surface area contributed by atoms with Gasteiger partial charge in [-0.15, -0.1) is 0 Å².